The summed E-state index contributed by atoms with van der Waals surface area (Å²) >= 11 is 1.52. The molecule has 0 unspecified atom stereocenters. The van der Waals surface area contributed by atoms with Crippen LogP contribution in [0.4, 0.5) is 4.39 Å². The summed E-state index contributed by atoms with van der Waals surface area (Å²) in [6.07, 6.45) is 0.0237. The van der Waals surface area contributed by atoms with Crippen LogP contribution in [0.15, 0.2) is 45.5 Å². The molecule has 0 aliphatic rings. The third-order valence-corrected chi connectivity index (χ3v) is 3.91. The Bertz CT molecular complexity index is 813. The van der Waals surface area contributed by atoms with Crippen molar-refractivity contribution in [2.75, 3.05) is 6.61 Å². The predicted molar refractivity (Wildman–Crippen MR) is 88.7 cm³/mol. The lowest BCUT2D eigenvalue weighted by Crippen LogP contribution is -2.25. The predicted octanol–water partition coefficient (Wildman–Crippen LogP) is 3.82. The van der Waals surface area contributed by atoms with Gasteiger partial charge >= 0.3 is 0 Å². The molecule has 0 saturated heterocycles. The molecular weight excluding hydrogens is 331 g/mol. The van der Waals surface area contributed by atoms with Crippen LogP contribution in [0.3, 0.4) is 0 Å². The fourth-order valence-corrected chi connectivity index (χ4v) is 2.78. The zero-order chi connectivity index (χ0) is 16.9. The van der Waals surface area contributed by atoms with Crippen molar-refractivity contribution in [3.63, 3.8) is 0 Å². The zero-order valence-corrected chi connectivity index (χ0v) is 13.7. The molecule has 1 N–H and O–H groups in total. The molecule has 0 bridgehead atoms. The van der Waals surface area contributed by atoms with Crippen LogP contribution in [0.25, 0.3) is 22.8 Å². The molecule has 3 aromatic rings. The van der Waals surface area contributed by atoms with Crippen molar-refractivity contribution < 1.29 is 18.4 Å². The first-order valence-electron chi connectivity index (χ1n) is 7.36. The summed E-state index contributed by atoms with van der Waals surface area (Å²) < 4.78 is 18.9. The first-order chi connectivity index (χ1) is 11.7. The molecule has 124 valence electrons. The third kappa shape index (κ3) is 3.69. The van der Waals surface area contributed by atoms with E-state index in [9.17, 15) is 9.18 Å². The number of hydroxylamine groups is 1. The molecule has 0 radical (unpaired) electrons. The van der Waals surface area contributed by atoms with Gasteiger partial charge in [0.05, 0.1) is 18.7 Å². The highest BCUT2D eigenvalue weighted by molar-refractivity contribution is 7.08. The summed E-state index contributed by atoms with van der Waals surface area (Å²) in [5.74, 6) is 0.226. The molecule has 2 aromatic heterocycles. The maximum atomic E-state index is 13.1. The van der Waals surface area contributed by atoms with Crippen LogP contribution in [0, 0.1) is 5.82 Å². The van der Waals surface area contributed by atoms with Crippen molar-refractivity contribution in [2.24, 2.45) is 0 Å². The molecule has 3 rings (SSSR count). The van der Waals surface area contributed by atoms with Gasteiger partial charge in [0.1, 0.15) is 5.82 Å². The molecule has 0 aliphatic carbocycles. The van der Waals surface area contributed by atoms with Gasteiger partial charge in [0, 0.05) is 16.5 Å². The maximum absolute atomic E-state index is 13.1. The number of thiophene rings is 1. The monoisotopic (exact) mass is 346 g/mol. The van der Waals surface area contributed by atoms with Crippen LogP contribution < -0.4 is 5.48 Å². The van der Waals surface area contributed by atoms with Crippen molar-refractivity contribution in [2.45, 2.75) is 13.3 Å². The Morgan fingerprint density at radius 1 is 1.29 bits per heavy atom. The number of aromatic nitrogens is 1. The normalized spacial score (nSPS) is 10.8. The molecule has 0 spiro atoms. The quantitative estimate of drug-likeness (QED) is 0.689. The van der Waals surface area contributed by atoms with E-state index in [1.165, 1.54) is 23.5 Å². The van der Waals surface area contributed by atoms with Gasteiger partial charge in [0.25, 0.3) is 0 Å². The van der Waals surface area contributed by atoms with Crippen molar-refractivity contribution >= 4 is 17.2 Å². The molecule has 7 heteroatoms. The van der Waals surface area contributed by atoms with E-state index in [2.05, 4.69) is 10.5 Å². The van der Waals surface area contributed by atoms with E-state index in [-0.39, 0.29) is 18.1 Å². The van der Waals surface area contributed by atoms with Crippen molar-refractivity contribution in [1.82, 2.24) is 10.5 Å². The molecule has 24 heavy (non-hydrogen) atoms. The Labute approximate surface area is 142 Å². The summed E-state index contributed by atoms with van der Waals surface area (Å²) in [5.41, 5.74) is 4.34. The molecule has 1 amide bonds. The Morgan fingerprint density at radius 2 is 2.08 bits per heavy atom. The highest BCUT2D eigenvalue weighted by Crippen LogP contribution is 2.31. The van der Waals surface area contributed by atoms with Crippen molar-refractivity contribution in [3.05, 3.63) is 52.6 Å². The molecule has 5 nitrogen and oxygen atoms in total. The van der Waals surface area contributed by atoms with Gasteiger partial charge in [-0.1, -0.05) is 0 Å². The number of oxazole rings is 1. The number of nitrogens with one attached hydrogen (secondary N) is 1. The SMILES string of the molecule is CCONC(=O)Cc1nc(-c2ccc(F)cc2)oc1-c1ccsc1. The molecule has 2 heterocycles. The number of halogens is 1. The number of carbonyl (C=O) groups excluding carboxylic acids is 1. The average Bonchev–Trinajstić information content (AvgIpc) is 3.23. The zero-order valence-electron chi connectivity index (χ0n) is 12.9. The second-order valence-electron chi connectivity index (χ2n) is 4.95. The van der Waals surface area contributed by atoms with E-state index in [0.29, 0.717) is 29.5 Å². The van der Waals surface area contributed by atoms with Crippen LogP contribution in [-0.2, 0) is 16.1 Å². The van der Waals surface area contributed by atoms with Crippen LogP contribution in [0.1, 0.15) is 12.6 Å². The highest BCUT2D eigenvalue weighted by atomic mass is 32.1. The van der Waals surface area contributed by atoms with E-state index < -0.39 is 0 Å². The molecule has 0 atom stereocenters. The van der Waals surface area contributed by atoms with Gasteiger partial charge in [-0.25, -0.2) is 14.9 Å². The lowest BCUT2D eigenvalue weighted by molar-refractivity contribution is -0.132. The lowest BCUT2D eigenvalue weighted by Gasteiger charge is -2.02. The Kier molecular flexibility index (Phi) is 5.02. The molecular formula is C17H15FN2O3S. The Hall–Kier alpha value is -2.51. The third-order valence-electron chi connectivity index (χ3n) is 3.23. The van der Waals surface area contributed by atoms with Gasteiger partial charge in [-0.15, -0.1) is 0 Å². The van der Waals surface area contributed by atoms with E-state index in [0.717, 1.165) is 5.56 Å². The fraction of sp³-hybridized carbons (Fsp3) is 0.176. The summed E-state index contributed by atoms with van der Waals surface area (Å²) in [6, 6.07) is 7.74. The number of rotatable bonds is 6. The maximum Gasteiger partial charge on any atom is 0.249 e. The molecule has 0 aliphatic heterocycles. The van der Waals surface area contributed by atoms with Gasteiger partial charge in [0.15, 0.2) is 5.76 Å². The summed E-state index contributed by atoms with van der Waals surface area (Å²) in [4.78, 5) is 21.2. The van der Waals surface area contributed by atoms with E-state index in [1.807, 2.05) is 16.8 Å². The van der Waals surface area contributed by atoms with Gasteiger partial charge in [0.2, 0.25) is 11.8 Å². The number of hydrogen-bond donors (Lipinski definition) is 1. The van der Waals surface area contributed by atoms with Crippen LogP contribution in [-0.4, -0.2) is 17.5 Å². The van der Waals surface area contributed by atoms with Gasteiger partial charge < -0.3 is 4.42 Å². The highest BCUT2D eigenvalue weighted by Gasteiger charge is 2.19. The first-order valence-corrected chi connectivity index (χ1v) is 8.30. The van der Waals surface area contributed by atoms with Crippen LogP contribution in [0.5, 0.6) is 0 Å². The van der Waals surface area contributed by atoms with E-state index in [1.54, 1.807) is 19.1 Å². The smallest absolute Gasteiger partial charge is 0.249 e. The van der Waals surface area contributed by atoms with E-state index >= 15 is 0 Å². The molecule has 0 fully saturated rings. The Balaban J connectivity index is 1.93. The largest absolute Gasteiger partial charge is 0.436 e. The molecule has 0 saturated carbocycles. The second-order valence-corrected chi connectivity index (χ2v) is 5.73. The minimum atomic E-state index is -0.334. The molecule has 1 aromatic carbocycles. The second kappa shape index (κ2) is 7.37. The minimum absolute atomic E-state index is 0.0237. The number of benzene rings is 1. The topological polar surface area (TPSA) is 64.4 Å². The number of hydrogen-bond acceptors (Lipinski definition) is 5. The number of nitrogens with zero attached hydrogens (tertiary/aromatic N) is 1. The standard InChI is InChI=1S/C17H15FN2O3S/c1-2-22-20-15(21)9-14-16(12-7-8-24-10-12)23-17(19-14)11-3-5-13(18)6-4-11/h3-8,10H,2,9H2,1H3,(H,20,21). The van der Waals surface area contributed by atoms with Crippen molar-refractivity contribution in [1.29, 1.82) is 0 Å². The van der Waals surface area contributed by atoms with Crippen LogP contribution >= 0.6 is 11.3 Å². The summed E-state index contributed by atoms with van der Waals surface area (Å²) in [5, 5.41) is 3.83. The number of amides is 1. The van der Waals surface area contributed by atoms with E-state index in [4.69, 9.17) is 9.25 Å². The summed E-state index contributed by atoms with van der Waals surface area (Å²) in [6.45, 7) is 2.16. The average molecular weight is 346 g/mol. The lowest BCUT2D eigenvalue weighted by atomic mass is 10.2. The Morgan fingerprint density at radius 3 is 2.75 bits per heavy atom. The van der Waals surface area contributed by atoms with Gasteiger partial charge in [-0.05, 0) is 42.6 Å². The van der Waals surface area contributed by atoms with Gasteiger partial charge in [-0.3, -0.25) is 9.63 Å². The van der Waals surface area contributed by atoms with Crippen molar-refractivity contribution in [3.8, 4) is 22.8 Å². The van der Waals surface area contributed by atoms with Gasteiger partial charge in [-0.2, -0.15) is 11.3 Å². The summed E-state index contributed by atoms with van der Waals surface area (Å²) in [7, 11) is 0. The van der Waals surface area contributed by atoms with Crippen LogP contribution in [0.2, 0.25) is 0 Å². The minimum Gasteiger partial charge on any atom is -0.436 e. The fourth-order valence-electron chi connectivity index (χ4n) is 2.15. The first kappa shape index (κ1) is 16.4. The number of carbonyl (C=O) groups is 1.